The quantitative estimate of drug-likeness (QED) is 0.882. The first kappa shape index (κ1) is 18.3. The lowest BCUT2D eigenvalue weighted by Crippen LogP contribution is -2.46. The Morgan fingerprint density at radius 3 is 2.70 bits per heavy atom. The van der Waals surface area contributed by atoms with Crippen LogP contribution in [0.4, 0.5) is 5.69 Å². The summed E-state index contributed by atoms with van der Waals surface area (Å²) >= 11 is 0. The molecule has 3 heterocycles. The highest BCUT2D eigenvalue weighted by Crippen LogP contribution is 2.38. The second-order valence-electron chi connectivity index (χ2n) is 8.33. The Morgan fingerprint density at radius 2 is 2.04 bits per heavy atom. The predicted octanol–water partition coefficient (Wildman–Crippen LogP) is 1.96. The smallest absolute Gasteiger partial charge is 0.228 e. The Labute approximate surface area is 160 Å². The van der Waals surface area contributed by atoms with Crippen LogP contribution in [0.2, 0.25) is 0 Å². The van der Waals surface area contributed by atoms with Crippen LogP contribution in [0.15, 0.2) is 18.2 Å². The van der Waals surface area contributed by atoms with Crippen molar-refractivity contribution >= 4 is 17.5 Å². The monoisotopic (exact) mass is 371 g/mol. The van der Waals surface area contributed by atoms with Crippen LogP contribution < -0.4 is 15.0 Å². The zero-order valence-corrected chi connectivity index (χ0v) is 16.3. The molecular weight excluding hydrogens is 342 g/mol. The van der Waals surface area contributed by atoms with E-state index in [0.717, 1.165) is 50.3 Å². The predicted molar refractivity (Wildman–Crippen MR) is 104 cm³/mol. The molecule has 1 atom stereocenters. The van der Waals surface area contributed by atoms with Crippen molar-refractivity contribution in [3.05, 3.63) is 23.8 Å². The van der Waals surface area contributed by atoms with Gasteiger partial charge in [-0.15, -0.1) is 0 Å². The van der Waals surface area contributed by atoms with Crippen LogP contribution in [-0.2, 0) is 9.59 Å². The van der Waals surface area contributed by atoms with Gasteiger partial charge in [-0.2, -0.15) is 0 Å². The molecule has 3 aliphatic heterocycles. The molecule has 1 aromatic carbocycles. The van der Waals surface area contributed by atoms with E-state index < -0.39 is 0 Å². The Morgan fingerprint density at radius 1 is 1.26 bits per heavy atom. The lowest BCUT2D eigenvalue weighted by atomic mass is 9.77. The van der Waals surface area contributed by atoms with Crippen molar-refractivity contribution in [3.8, 4) is 5.75 Å². The Hall–Kier alpha value is -2.08. The number of benzene rings is 1. The van der Waals surface area contributed by atoms with Crippen molar-refractivity contribution in [1.82, 2.24) is 10.2 Å². The molecule has 0 radical (unpaired) electrons. The number of aryl methyl sites for hydroxylation is 1. The van der Waals surface area contributed by atoms with E-state index in [1.54, 1.807) is 12.0 Å². The molecule has 0 aliphatic carbocycles. The first-order valence-electron chi connectivity index (χ1n) is 9.96. The second-order valence-corrected chi connectivity index (χ2v) is 8.33. The van der Waals surface area contributed by atoms with Crippen molar-refractivity contribution in [2.75, 3.05) is 44.7 Å². The van der Waals surface area contributed by atoms with Gasteiger partial charge in [0.05, 0.1) is 18.7 Å². The molecule has 1 aromatic rings. The molecule has 3 aliphatic rings. The lowest BCUT2D eigenvalue weighted by molar-refractivity contribution is -0.137. The van der Waals surface area contributed by atoms with Crippen molar-refractivity contribution in [2.24, 2.45) is 11.3 Å². The fourth-order valence-electron chi connectivity index (χ4n) is 4.80. The van der Waals surface area contributed by atoms with Gasteiger partial charge in [0.25, 0.3) is 0 Å². The van der Waals surface area contributed by atoms with Gasteiger partial charge in [-0.05, 0) is 55.8 Å². The molecule has 3 fully saturated rings. The molecule has 1 unspecified atom stereocenters. The van der Waals surface area contributed by atoms with Crippen molar-refractivity contribution in [3.63, 3.8) is 0 Å². The highest BCUT2D eigenvalue weighted by Gasteiger charge is 2.42. The molecule has 0 saturated carbocycles. The average Bonchev–Trinajstić information content (AvgIpc) is 3.29. The highest BCUT2D eigenvalue weighted by atomic mass is 16.5. The van der Waals surface area contributed by atoms with Crippen LogP contribution in [0, 0.1) is 18.3 Å². The minimum absolute atomic E-state index is 0.00530. The maximum atomic E-state index is 13.0. The summed E-state index contributed by atoms with van der Waals surface area (Å²) in [5.74, 6) is 0.568. The zero-order chi connectivity index (χ0) is 19.0. The van der Waals surface area contributed by atoms with E-state index in [9.17, 15) is 9.59 Å². The number of ether oxygens (including phenoxy) is 1. The maximum Gasteiger partial charge on any atom is 0.228 e. The summed E-state index contributed by atoms with van der Waals surface area (Å²) < 4.78 is 5.43. The molecule has 2 amide bonds. The summed E-state index contributed by atoms with van der Waals surface area (Å²) in [6, 6.07) is 5.81. The summed E-state index contributed by atoms with van der Waals surface area (Å²) in [5.41, 5.74) is 2.23. The maximum absolute atomic E-state index is 13.0. The van der Waals surface area contributed by atoms with Gasteiger partial charge in [0.2, 0.25) is 11.8 Å². The molecule has 6 heteroatoms. The number of carbonyl (C=O) groups excluding carboxylic acids is 2. The molecule has 0 aromatic heterocycles. The summed E-state index contributed by atoms with van der Waals surface area (Å²) in [6.45, 7) is 6.25. The zero-order valence-electron chi connectivity index (χ0n) is 16.3. The van der Waals surface area contributed by atoms with E-state index in [2.05, 4.69) is 5.32 Å². The second kappa shape index (κ2) is 7.15. The molecule has 3 saturated heterocycles. The van der Waals surface area contributed by atoms with Gasteiger partial charge in [0.1, 0.15) is 5.75 Å². The molecule has 27 heavy (non-hydrogen) atoms. The number of hydrogen-bond acceptors (Lipinski definition) is 4. The number of rotatable bonds is 3. The van der Waals surface area contributed by atoms with Gasteiger partial charge < -0.3 is 19.9 Å². The van der Waals surface area contributed by atoms with E-state index in [0.29, 0.717) is 24.1 Å². The number of carbonyl (C=O) groups is 2. The number of anilines is 1. The number of likely N-dealkylation sites (tertiary alicyclic amines) is 1. The SMILES string of the molecule is COc1ccc(C)cc1N1CC(C(=O)N2CCC3(CCNC3)CC2)CC1=O. The summed E-state index contributed by atoms with van der Waals surface area (Å²) in [7, 11) is 1.61. The molecule has 1 spiro atoms. The number of hydrogen-bond donors (Lipinski definition) is 1. The Kier molecular flexibility index (Phi) is 4.84. The van der Waals surface area contributed by atoms with Gasteiger partial charge in [0, 0.05) is 32.6 Å². The third kappa shape index (κ3) is 3.43. The molecular formula is C21H29N3O3. The largest absolute Gasteiger partial charge is 0.495 e. The van der Waals surface area contributed by atoms with E-state index in [1.807, 2.05) is 30.0 Å². The van der Waals surface area contributed by atoms with Crippen LogP contribution in [0.1, 0.15) is 31.2 Å². The number of nitrogens with zero attached hydrogens (tertiary/aromatic N) is 2. The van der Waals surface area contributed by atoms with Gasteiger partial charge in [-0.1, -0.05) is 6.07 Å². The summed E-state index contributed by atoms with van der Waals surface area (Å²) in [6.07, 6.45) is 3.65. The Bertz CT molecular complexity index is 732. The third-order valence-corrected chi connectivity index (χ3v) is 6.57. The standard InChI is InChI=1S/C21H29N3O3/c1-15-3-4-18(27-2)17(11-15)24-13-16(12-19(24)25)20(26)23-9-6-21(7-10-23)5-8-22-14-21/h3-4,11,16,22H,5-10,12-14H2,1-2H3. The first-order chi connectivity index (χ1) is 13.0. The van der Waals surface area contributed by atoms with Crippen molar-refractivity contribution < 1.29 is 14.3 Å². The third-order valence-electron chi connectivity index (χ3n) is 6.57. The minimum Gasteiger partial charge on any atom is -0.495 e. The van der Waals surface area contributed by atoms with Gasteiger partial charge in [0.15, 0.2) is 0 Å². The molecule has 0 bridgehead atoms. The van der Waals surface area contributed by atoms with Crippen molar-refractivity contribution in [1.29, 1.82) is 0 Å². The lowest BCUT2D eigenvalue weighted by Gasteiger charge is -2.39. The van der Waals surface area contributed by atoms with Crippen LogP contribution in [-0.4, -0.2) is 56.5 Å². The van der Waals surface area contributed by atoms with Gasteiger partial charge >= 0.3 is 0 Å². The van der Waals surface area contributed by atoms with Crippen LogP contribution in [0.25, 0.3) is 0 Å². The number of amides is 2. The van der Waals surface area contributed by atoms with Crippen LogP contribution >= 0.6 is 0 Å². The highest BCUT2D eigenvalue weighted by molar-refractivity contribution is 6.01. The van der Waals surface area contributed by atoms with E-state index >= 15 is 0 Å². The average molecular weight is 371 g/mol. The fraction of sp³-hybridized carbons (Fsp3) is 0.619. The van der Waals surface area contributed by atoms with E-state index in [-0.39, 0.29) is 17.7 Å². The van der Waals surface area contributed by atoms with Crippen molar-refractivity contribution in [2.45, 2.75) is 32.6 Å². The topological polar surface area (TPSA) is 61.9 Å². The fourth-order valence-corrected chi connectivity index (χ4v) is 4.80. The first-order valence-corrected chi connectivity index (χ1v) is 9.96. The van der Waals surface area contributed by atoms with Gasteiger partial charge in [-0.3, -0.25) is 9.59 Å². The number of nitrogens with one attached hydrogen (secondary N) is 1. The van der Waals surface area contributed by atoms with E-state index in [4.69, 9.17) is 4.74 Å². The normalized spacial score (nSPS) is 24.7. The molecule has 4 rings (SSSR count). The van der Waals surface area contributed by atoms with Crippen LogP contribution in [0.5, 0.6) is 5.75 Å². The van der Waals surface area contributed by atoms with Gasteiger partial charge in [-0.25, -0.2) is 0 Å². The van der Waals surface area contributed by atoms with Crippen LogP contribution in [0.3, 0.4) is 0 Å². The molecule has 6 nitrogen and oxygen atoms in total. The summed E-state index contributed by atoms with van der Waals surface area (Å²) in [5, 5.41) is 3.46. The number of piperidine rings is 1. The minimum atomic E-state index is -0.251. The molecule has 146 valence electrons. The molecule has 1 N–H and O–H groups in total. The Balaban J connectivity index is 1.43. The van der Waals surface area contributed by atoms with E-state index in [1.165, 1.54) is 6.42 Å². The summed E-state index contributed by atoms with van der Waals surface area (Å²) in [4.78, 5) is 29.4. The number of methoxy groups -OCH3 is 1.